The Kier molecular flexibility index (Phi) is 18.2. The Hall–Kier alpha value is -0.707. The minimum Gasteiger partial charge on any atom is -0.872 e. The Balaban J connectivity index is 0. The fourth-order valence-electron chi connectivity index (χ4n) is 4.15. The summed E-state index contributed by atoms with van der Waals surface area (Å²) in [5.74, 6) is 7.89. The van der Waals surface area contributed by atoms with Crippen LogP contribution >= 0.6 is 0 Å². The first-order valence-corrected chi connectivity index (χ1v) is 14.3. The van der Waals surface area contributed by atoms with Crippen molar-refractivity contribution < 1.29 is 36.0 Å². The fraction of sp³-hybridized carbons (Fsp3) is 0.657. The minimum atomic E-state index is -0.213. The molecule has 0 amide bonds. The molecule has 0 aromatic heterocycles. The van der Waals surface area contributed by atoms with E-state index in [0.29, 0.717) is 18.1 Å². The van der Waals surface area contributed by atoms with Crippen molar-refractivity contribution in [1.82, 2.24) is 0 Å². The maximum absolute atomic E-state index is 13.1. The van der Waals surface area contributed by atoms with Gasteiger partial charge in [0.05, 0.1) is 6.04 Å². The van der Waals surface area contributed by atoms with Gasteiger partial charge in [-0.3, -0.25) is 0 Å². The Morgan fingerprint density at radius 3 is 1.34 bits per heavy atom. The summed E-state index contributed by atoms with van der Waals surface area (Å²) in [5, 5.41) is 20.1. The smallest absolute Gasteiger partial charge is 0.872 e. The molecule has 6 heteroatoms. The van der Waals surface area contributed by atoms with Gasteiger partial charge in [-0.25, -0.2) is 4.99 Å². The zero-order chi connectivity index (χ0) is 31.8. The van der Waals surface area contributed by atoms with Gasteiger partial charge in [0.25, 0.3) is 0 Å². The van der Waals surface area contributed by atoms with E-state index in [-0.39, 0.29) is 54.2 Å². The second kappa shape index (κ2) is 17.6. The first kappa shape index (κ1) is 42.4. The normalized spacial score (nSPS) is 19.1. The van der Waals surface area contributed by atoms with Crippen molar-refractivity contribution in [2.75, 3.05) is 34.8 Å². The molecule has 0 bridgehead atoms. The van der Waals surface area contributed by atoms with E-state index in [9.17, 15) is 5.11 Å². The second-order valence-corrected chi connectivity index (χ2v) is 14.0. The van der Waals surface area contributed by atoms with E-state index < -0.39 is 0 Å². The molecule has 3 rings (SSSR count). The van der Waals surface area contributed by atoms with Crippen molar-refractivity contribution in [1.29, 1.82) is 0 Å². The van der Waals surface area contributed by atoms with Gasteiger partial charge in [-0.1, -0.05) is 109 Å². The van der Waals surface area contributed by atoms with E-state index in [1.165, 1.54) is 29.6 Å². The molecule has 0 unspecified atom stereocenters. The van der Waals surface area contributed by atoms with Crippen LogP contribution in [0.25, 0.3) is 10.6 Å². The molecule has 0 saturated heterocycles. The third kappa shape index (κ3) is 12.4. The topological polar surface area (TPSA) is 72.8 Å². The number of nitrogens with zero attached hydrogens (tertiary/aromatic N) is 3. The molecule has 1 aliphatic carbocycles. The monoisotopic (exact) mass is 643 g/mol. The number of aliphatic imine (C=N–C) groups is 1. The standard InChI is InChI=1S/C21H33NO2.C10H15.2C2H6N.Zr/c1-19(2,3)13-10-14(17(23)15(11-13)20(4,5)6)18-22-16(12-24-18)21(7,8)9;1-6-7(2)9(4)10(5)8(6)3;2*1-3-2;/h10-11,16,23H,12H2,1-9H3;1-5H3;2*1-2H3;/q;;2*-1;+4/p-1/t16-;;;;/m1..../s1. The molecule has 1 heterocycles. The molecule has 1 saturated carbocycles. The predicted molar refractivity (Wildman–Crippen MR) is 174 cm³/mol. The second-order valence-electron chi connectivity index (χ2n) is 14.0. The van der Waals surface area contributed by atoms with E-state index in [1.54, 1.807) is 28.2 Å². The first-order valence-electron chi connectivity index (χ1n) is 14.3. The van der Waals surface area contributed by atoms with Crippen molar-refractivity contribution in [3.8, 4) is 5.75 Å². The molecule has 229 valence electrons. The third-order valence-electron chi connectivity index (χ3n) is 7.46. The molecular weight excluding hydrogens is 586 g/mol. The molecule has 5 radical (unpaired) electrons. The third-order valence-corrected chi connectivity index (χ3v) is 7.46. The molecule has 1 fully saturated rings. The van der Waals surface area contributed by atoms with Crippen molar-refractivity contribution in [2.45, 2.75) is 114 Å². The molecular formula is C35H59N3O2Zr+. The molecule has 0 spiro atoms. The Morgan fingerprint density at radius 1 is 0.707 bits per heavy atom. The van der Waals surface area contributed by atoms with E-state index >= 15 is 0 Å². The summed E-state index contributed by atoms with van der Waals surface area (Å²) in [7, 11) is 7.00. The molecule has 1 aliphatic heterocycles. The van der Waals surface area contributed by atoms with Gasteiger partial charge in [0, 0.05) is 5.56 Å². The van der Waals surface area contributed by atoms with Gasteiger partial charge >= 0.3 is 26.2 Å². The van der Waals surface area contributed by atoms with Gasteiger partial charge in [-0.2, -0.15) is 28.2 Å². The van der Waals surface area contributed by atoms with Gasteiger partial charge in [0.1, 0.15) is 6.61 Å². The Labute approximate surface area is 274 Å². The Morgan fingerprint density at radius 2 is 1.07 bits per heavy atom. The molecule has 5 nitrogen and oxygen atoms in total. The summed E-state index contributed by atoms with van der Waals surface area (Å²) in [6.45, 7) is 30.7. The van der Waals surface area contributed by atoms with E-state index in [0.717, 1.165) is 11.1 Å². The maximum atomic E-state index is 13.1. The van der Waals surface area contributed by atoms with Crippen LogP contribution in [0.4, 0.5) is 0 Å². The average Bonchev–Trinajstić information content (AvgIpc) is 3.37. The van der Waals surface area contributed by atoms with Crippen LogP contribution in [0, 0.1) is 35.0 Å². The predicted octanol–water partition coefficient (Wildman–Crippen LogP) is 8.76. The van der Waals surface area contributed by atoms with Crippen LogP contribution in [0.15, 0.2) is 17.1 Å². The van der Waals surface area contributed by atoms with Crippen molar-refractivity contribution in [3.05, 3.63) is 69.0 Å². The molecule has 1 aromatic carbocycles. The SMILES string of the molecule is CC(C)(C)c1cc(C2=N[C@@H](C(C)(C)C)CO2)c([O-])c(C(C)(C)C)c1.C[C]1[C](C)[C](C)[C](C)[C]1C.C[N-]C.C[N-]C.[Zr+4]. The van der Waals surface area contributed by atoms with Crippen LogP contribution in [-0.4, -0.2) is 46.7 Å². The van der Waals surface area contributed by atoms with Crippen molar-refractivity contribution in [2.24, 2.45) is 10.4 Å². The van der Waals surface area contributed by atoms with E-state index in [2.05, 4.69) is 114 Å². The average molecular weight is 645 g/mol. The van der Waals surface area contributed by atoms with Gasteiger partial charge in [0.2, 0.25) is 5.90 Å². The van der Waals surface area contributed by atoms with Crippen LogP contribution in [0.5, 0.6) is 5.75 Å². The molecule has 1 aromatic rings. The van der Waals surface area contributed by atoms with Gasteiger partial charge in [-0.05, 0) is 63.0 Å². The summed E-state index contributed by atoms with van der Waals surface area (Å²) in [4.78, 5) is 4.73. The minimum absolute atomic E-state index is 0. The van der Waals surface area contributed by atoms with Gasteiger partial charge in [-0.15, -0.1) is 0 Å². The van der Waals surface area contributed by atoms with Crippen LogP contribution in [0.1, 0.15) is 114 Å². The zero-order valence-electron chi connectivity index (χ0n) is 29.6. The molecule has 1 atom stereocenters. The number of benzene rings is 1. The number of hydrogen-bond donors (Lipinski definition) is 0. The van der Waals surface area contributed by atoms with Crippen molar-refractivity contribution in [3.63, 3.8) is 0 Å². The number of hydrogen-bond acceptors (Lipinski definition) is 3. The van der Waals surface area contributed by atoms with Gasteiger partial charge < -0.3 is 20.5 Å². The molecule has 41 heavy (non-hydrogen) atoms. The maximum Gasteiger partial charge on any atom is 4.00 e. The summed E-state index contributed by atoms with van der Waals surface area (Å²) < 4.78 is 5.84. The van der Waals surface area contributed by atoms with E-state index in [4.69, 9.17) is 9.73 Å². The summed E-state index contributed by atoms with van der Waals surface area (Å²) >= 11 is 0. The molecule has 0 N–H and O–H groups in total. The van der Waals surface area contributed by atoms with E-state index in [1.807, 2.05) is 6.07 Å². The summed E-state index contributed by atoms with van der Waals surface area (Å²) in [6, 6.07) is 4.12. The van der Waals surface area contributed by atoms with Crippen LogP contribution in [-0.2, 0) is 41.8 Å². The number of ether oxygens (including phenoxy) is 1. The molecule has 2 aliphatic rings. The van der Waals surface area contributed by atoms with Crippen LogP contribution in [0.2, 0.25) is 0 Å². The van der Waals surface area contributed by atoms with Crippen LogP contribution in [0.3, 0.4) is 0 Å². The van der Waals surface area contributed by atoms with Crippen molar-refractivity contribution >= 4 is 5.90 Å². The largest absolute Gasteiger partial charge is 4.00 e. The zero-order valence-corrected chi connectivity index (χ0v) is 32.1. The summed E-state index contributed by atoms with van der Waals surface area (Å²) in [5.41, 5.74) is 2.36. The van der Waals surface area contributed by atoms with Gasteiger partial charge in [0.15, 0.2) is 0 Å². The number of rotatable bonds is 1. The summed E-state index contributed by atoms with van der Waals surface area (Å²) in [6.07, 6.45) is 0. The van der Waals surface area contributed by atoms with Crippen LogP contribution < -0.4 is 5.11 Å². The Bertz CT molecular complexity index is 878. The fourth-order valence-corrected chi connectivity index (χ4v) is 4.15. The first-order chi connectivity index (χ1) is 18.1. The quantitative estimate of drug-likeness (QED) is 0.307.